The molecular formula is C24H27N3O3S. The van der Waals surface area contributed by atoms with Crippen molar-refractivity contribution in [3.63, 3.8) is 0 Å². The molecule has 0 spiro atoms. The minimum absolute atomic E-state index is 0.209. The number of anilines is 1. The Balaban J connectivity index is 1.38. The van der Waals surface area contributed by atoms with E-state index in [1.165, 1.54) is 10.4 Å². The van der Waals surface area contributed by atoms with Gasteiger partial charge in [0.2, 0.25) is 0 Å². The van der Waals surface area contributed by atoms with Gasteiger partial charge < -0.3 is 9.47 Å². The normalized spacial score (nSPS) is 13.6. The van der Waals surface area contributed by atoms with E-state index in [-0.39, 0.29) is 5.91 Å². The third-order valence-electron chi connectivity index (χ3n) is 5.10. The van der Waals surface area contributed by atoms with Crippen molar-refractivity contribution in [2.75, 3.05) is 31.7 Å². The molecule has 162 valence electrons. The van der Waals surface area contributed by atoms with Crippen LogP contribution in [0.1, 0.15) is 33.4 Å². The average molecular weight is 438 g/mol. The summed E-state index contributed by atoms with van der Waals surface area (Å²) < 4.78 is 11.0. The highest BCUT2D eigenvalue weighted by Gasteiger charge is 2.22. The first-order chi connectivity index (χ1) is 15.2. The maximum absolute atomic E-state index is 12.9. The van der Waals surface area contributed by atoms with Crippen LogP contribution in [0.5, 0.6) is 5.75 Å². The molecule has 1 N–H and O–H groups in total. The van der Waals surface area contributed by atoms with Gasteiger partial charge in [-0.15, -0.1) is 11.3 Å². The smallest absolute Gasteiger partial charge is 0.261 e. The molecule has 1 amide bonds. The number of nitrogens with zero attached hydrogens (tertiary/aromatic N) is 2. The molecule has 4 rings (SSSR count). The quantitative estimate of drug-likeness (QED) is 0.504. The van der Waals surface area contributed by atoms with Crippen LogP contribution in [0.3, 0.4) is 0 Å². The summed E-state index contributed by atoms with van der Waals surface area (Å²) in [5, 5.41) is 3.60. The second-order valence-corrected chi connectivity index (χ2v) is 8.41. The van der Waals surface area contributed by atoms with Crippen LogP contribution in [0.25, 0.3) is 0 Å². The second-order valence-electron chi connectivity index (χ2n) is 7.33. The van der Waals surface area contributed by atoms with Crippen molar-refractivity contribution < 1.29 is 14.3 Å². The van der Waals surface area contributed by atoms with Crippen molar-refractivity contribution in [2.45, 2.75) is 26.4 Å². The Hall–Kier alpha value is -2.74. The maximum atomic E-state index is 12.9. The van der Waals surface area contributed by atoms with Crippen LogP contribution in [0.4, 0.5) is 5.13 Å². The van der Waals surface area contributed by atoms with Gasteiger partial charge in [-0.3, -0.25) is 15.0 Å². The summed E-state index contributed by atoms with van der Waals surface area (Å²) in [6.45, 7) is 6.22. The van der Waals surface area contributed by atoms with Crippen molar-refractivity contribution >= 4 is 22.4 Å². The summed E-state index contributed by atoms with van der Waals surface area (Å²) in [5.74, 6) is 0.342. The zero-order valence-corrected chi connectivity index (χ0v) is 18.5. The predicted molar refractivity (Wildman–Crippen MR) is 123 cm³/mol. The Kier molecular flexibility index (Phi) is 7.30. The Labute approximate surface area is 186 Å². The molecule has 3 aromatic rings. The fourth-order valence-corrected chi connectivity index (χ4v) is 4.62. The number of amides is 1. The molecule has 1 aliphatic heterocycles. The van der Waals surface area contributed by atoms with E-state index in [1.807, 2.05) is 25.1 Å². The third kappa shape index (κ3) is 5.70. The first-order valence-corrected chi connectivity index (χ1v) is 11.4. The summed E-state index contributed by atoms with van der Waals surface area (Å²) >= 11 is 1.56. The average Bonchev–Trinajstić information content (AvgIpc) is 3.19. The zero-order valence-electron chi connectivity index (χ0n) is 17.7. The molecule has 31 heavy (non-hydrogen) atoms. The molecule has 0 bridgehead atoms. The van der Waals surface area contributed by atoms with Gasteiger partial charge in [0.15, 0.2) is 5.13 Å². The number of ether oxygens (including phenoxy) is 2. The largest absolute Gasteiger partial charge is 0.490 e. The van der Waals surface area contributed by atoms with Gasteiger partial charge >= 0.3 is 0 Å². The van der Waals surface area contributed by atoms with E-state index in [0.29, 0.717) is 36.3 Å². The van der Waals surface area contributed by atoms with E-state index in [4.69, 9.17) is 9.47 Å². The summed E-state index contributed by atoms with van der Waals surface area (Å²) in [7, 11) is 0. The van der Waals surface area contributed by atoms with Gasteiger partial charge in [0.05, 0.1) is 17.9 Å². The molecule has 0 saturated heterocycles. The SMILES string of the molecule is CCOCCOc1ccccc1C(=O)Nc1nc2c(s1)CN(Cc1ccccc1)CC2. The molecular weight excluding hydrogens is 410 g/mol. The molecule has 1 aliphatic rings. The highest BCUT2D eigenvalue weighted by atomic mass is 32.1. The van der Waals surface area contributed by atoms with Crippen LogP contribution >= 0.6 is 11.3 Å². The predicted octanol–water partition coefficient (Wildman–Crippen LogP) is 4.37. The van der Waals surface area contributed by atoms with E-state index in [2.05, 4.69) is 39.5 Å². The Morgan fingerprint density at radius 2 is 1.94 bits per heavy atom. The number of thiazole rings is 1. The summed E-state index contributed by atoms with van der Waals surface area (Å²) in [6.07, 6.45) is 0.895. The second kappa shape index (κ2) is 10.5. The topological polar surface area (TPSA) is 63.7 Å². The molecule has 2 aromatic carbocycles. The molecule has 6 nitrogen and oxygen atoms in total. The number of nitrogens with one attached hydrogen (secondary N) is 1. The molecule has 0 radical (unpaired) electrons. The molecule has 2 heterocycles. The third-order valence-corrected chi connectivity index (χ3v) is 6.10. The van der Waals surface area contributed by atoms with Gasteiger partial charge in [-0.05, 0) is 24.6 Å². The highest BCUT2D eigenvalue weighted by molar-refractivity contribution is 7.15. The molecule has 7 heteroatoms. The first kappa shape index (κ1) is 21.5. The Morgan fingerprint density at radius 3 is 2.77 bits per heavy atom. The van der Waals surface area contributed by atoms with Crippen LogP contribution < -0.4 is 10.1 Å². The van der Waals surface area contributed by atoms with Gasteiger partial charge in [0.1, 0.15) is 12.4 Å². The van der Waals surface area contributed by atoms with Gasteiger partial charge in [-0.1, -0.05) is 42.5 Å². The van der Waals surface area contributed by atoms with Crippen molar-refractivity contribution in [2.24, 2.45) is 0 Å². The van der Waals surface area contributed by atoms with Crippen molar-refractivity contribution in [1.82, 2.24) is 9.88 Å². The molecule has 0 atom stereocenters. The van der Waals surface area contributed by atoms with Crippen LogP contribution in [0, 0.1) is 0 Å². The standard InChI is InChI=1S/C24H27N3O3S/c1-2-29-14-15-30-21-11-7-6-10-19(21)23(28)26-24-25-20-12-13-27(17-22(20)31-24)16-18-8-4-3-5-9-18/h3-11H,2,12-17H2,1H3,(H,25,26,28). The minimum Gasteiger partial charge on any atom is -0.490 e. The lowest BCUT2D eigenvalue weighted by Crippen LogP contribution is -2.29. The number of para-hydroxylation sites is 1. The number of benzene rings is 2. The van der Waals surface area contributed by atoms with Gasteiger partial charge in [0.25, 0.3) is 5.91 Å². The van der Waals surface area contributed by atoms with E-state index in [0.717, 1.165) is 31.7 Å². The highest BCUT2D eigenvalue weighted by Crippen LogP contribution is 2.30. The van der Waals surface area contributed by atoms with Crippen molar-refractivity contribution in [1.29, 1.82) is 0 Å². The zero-order chi connectivity index (χ0) is 21.5. The van der Waals surface area contributed by atoms with Gasteiger partial charge in [0, 0.05) is 37.5 Å². The van der Waals surface area contributed by atoms with Crippen molar-refractivity contribution in [3.05, 3.63) is 76.3 Å². The number of carbonyl (C=O) groups is 1. The van der Waals surface area contributed by atoms with Crippen LogP contribution in [-0.2, 0) is 24.2 Å². The fourth-order valence-electron chi connectivity index (χ4n) is 3.58. The molecule has 1 aromatic heterocycles. The minimum atomic E-state index is -0.209. The van der Waals surface area contributed by atoms with E-state index in [9.17, 15) is 4.79 Å². The van der Waals surface area contributed by atoms with E-state index < -0.39 is 0 Å². The number of rotatable bonds is 9. The first-order valence-electron chi connectivity index (χ1n) is 10.6. The molecule has 0 saturated carbocycles. The molecule has 0 fully saturated rings. The van der Waals surface area contributed by atoms with Crippen molar-refractivity contribution in [3.8, 4) is 5.75 Å². The fraction of sp³-hybridized carbons (Fsp3) is 0.333. The number of aromatic nitrogens is 1. The van der Waals surface area contributed by atoms with Gasteiger partial charge in [-0.2, -0.15) is 0 Å². The molecule has 0 unspecified atom stereocenters. The van der Waals surface area contributed by atoms with Crippen LogP contribution in [-0.4, -0.2) is 42.2 Å². The number of fused-ring (bicyclic) bond motifs is 1. The number of hydrogen-bond acceptors (Lipinski definition) is 6. The monoisotopic (exact) mass is 437 g/mol. The van der Waals surface area contributed by atoms with E-state index in [1.54, 1.807) is 23.5 Å². The summed E-state index contributed by atoms with van der Waals surface area (Å²) in [4.78, 5) is 21.2. The lowest BCUT2D eigenvalue weighted by atomic mass is 10.1. The van der Waals surface area contributed by atoms with Gasteiger partial charge in [-0.25, -0.2) is 4.98 Å². The maximum Gasteiger partial charge on any atom is 0.261 e. The lowest BCUT2D eigenvalue weighted by molar-refractivity contribution is 0.0998. The molecule has 0 aliphatic carbocycles. The lowest BCUT2D eigenvalue weighted by Gasteiger charge is -2.25. The van der Waals surface area contributed by atoms with E-state index >= 15 is 0 Å². The summed E-state index contributed by atoms with van der Waals surface area (Å²) in [5.41, 5.74) is 2.90. The number of carbonyl (C=O) groups excluding carboxylic acids is 1. The summed E-state index contributed by atoms with van der Waals surface area (Å²) in [6, 6.07) is 17.7. The Morgan fingerprint density at radius 1 is 1.13 bits per heavy atom. The number of hydrogen-bond donors (Lipinski definition) is 1. The van der Waals surface area contributed by atoms with Crippen LogP contribution in [0.15, 0.2) is 54.6 Å². The van der Waals surface area contributed by atoms with Crippen LogP contribution in [0.2, 0.25) is 0 Å². The Bertz CT molecular complexity index is 1010.